The molecule has 2 atom stereocenters. The van der Waals surface area contributed by atoms with Crippen LogP contribution in [-0.4, -0.2) is 76.7 Å². The zero-order valence-corrected chi connectivity index (χ0v) is 19.4. The molecule has 0 bridgehead atoms. The summed E-state index contributed by atoms with van der Waals surface area (Å²) in [7, 11) is -0.174. The first-order valence-electron chi connectivity index (χ1n) is 10.2. The zero-order chi connectivity index (χ0) is 22.9. The molecule has 0 aromatic heterocycles. The first-order chi connectivity index (χ1) is 15.3. The van der Waals surface area contributed by atoms with E-state index in [1.807, 2.05) is 4.90 Å². The van der Waals surface area contributed by atoms with Crippen LogP contribution in [0.25, 0.3) is 0 Å². The Morgan fingerprint density at radius 2 is 1.69 bits per heavy atom. The van der Waals surface area contributed by atoms with Crippen molar-refractivity contribution in [3.05, 3.63) is 47.5 Å². The van der Waals surface area contributed by atoms with Gasteiger partial charge in [0.25, 0.3) is 0 Å². The molecule has 172 valence electrons. The summed E-state index contributed by atoms with van der Waals surface area (Å²) in [6, 6.07) is 11.5. The van der Waals surface area contributed by atoms with Crippen LogP contribution >= 0.6 is 11.6 Å². The molecule has 8 nitrogen and oxygen atoms in total. The second-order valence-corrected chi connectivity index (χ2v) is 10.3. The highest BCUT2D eigenvalue weighted by atomic mass is 35.5. The number of ether oxygens (including phenoxy) is 3. The number of amides is 1. The molecule has 2 fully saturated rings. The van der Waals surface area contributed by atoms with Crippen LogP contribution in [0.2, 0.25) is 5.02 Å². The van der Waals surface area contributed by atoms with Crippen molar-refractivity contribution in [2.24, 2.45) is 0 Å². The van der Waals surface area contributed by atoms with E-state index in [0.717, 1.165) is 5.75 Å². The Kier molecular flexibility index (Phi) is 6.50. The highest BCUT2D eigenvalue weighted by Gasteiger charge is 2.49. The smallest absolute Gasteiger partial charge is 0.241 e. The number of carbonyl (C=O) groups excluding carboxylic acids is 1. The summed E-state index contributed by atoms with van der Waals surface area (Å²) in [5.74, 6) is 1.66. The third-order valence-electron chi connectivity index (χ3n) is 5.82. The van der Waals surface area contributed by atoms with Gasteiger partial charge in [0.1, 0.15) is 23.9 Å². The van der Waals surface area contributed by atoms with Crippen LogP contribution < -0.4 is 19.1 Å². The van der Waals surface area contributed by atoms with Crippen LogP contribution in [0.15, 0.2) is 42.5 Å². The van der Waals surface area contributed by atoms with E-state index in [9.17, 15) is 13.2 Å². The molecule has 2 saturated heterocycles. The molecule has 0 spiro atoms. The highest BCUT2D eigenvalue weighted by molar-refractivity contribution is 7.91. The van der Waals surface area contributed by atoms with E-state index in [4.69, 9.17) is 25.8 Å². The van der Waals surface area contributed by atoms with E-state index in [-0.39, 0.29) is 30.0 Å². The number of hydrogen-bond acceptors (Lipinski definition) is 7. The normalized spacial score (nSPS) is 22.5. The van der Waals surface area contributed by atoms with Crippen LogP contribution in [-0.2, 0) is 14.6 Å². The van der Waals surface area contributed by atoms with Gasteiger partial charge in [0.15, 0.2) is 9.84 Å². The van der Waals surface area contributed by atoms with Crippen molar-refractivity contribution in [3.63, 3.8) is 0 Å². The van der Waals surface area contributed by atoms with E-state index in [1.165, 1.54) is 7.11 Å². The first-order valence-corrected chi connectivity index (χ1v) is 12.4. The van der Waals surface area contributed by atoms with E-state index in [0.29, 0.717) is 35.4 Å². The van der Waals surface area contributed by atoms with Gasteiger partial charge in [0.2, 0.25) is 5.91 Å². The second-order valence-electron chi connectivity index (χ2n) is 7.79. The fourth-order valence-corrected chi connectivity index (χ4v) is 6.53. The molecule has 2 aliphatic heterocycles. The van der Waals surface area contributed by atoms with Crippen LogP contribution in [0, 0.1) is 0 Å². The lowest BCUT2D eigenvalue weighted by molar-refractivity contribution is -0.123. The molecule has 2 aliphatic rings. The fourth-order valence-electron chi connectivity index (χ4n) is 4.30. The van der Waals surface area contributed by atoms with E-state index >= 15 is 0 Å². The van der Waals surface area contributed by atoms with Crippen molar-refractivity contribution < 1.29 is 27.4 Å². The number of benzene rings is 2. The minimum absolute atomic E-state index is 0.00781. The number of sulfone groups is 1. The van der Waals surface area contributed by atoms with Gasteiger partial charge >= 0.3 is 0 Å². The van der Waals surface area contributed by atoms with Gasteiger partial charge in [-0.3, -0.25) is 9.69 Å². The minimum atomic E-state index is -3.28. The van der Waals surface area contributed by atoms with Crippen LogP contribution in [0.5, 0.6) is 17.2 Å². The van der Waals surface area contributed by atoms with Gasteiger partial charge in [-0.05, 0) is 42.5 Å². The van der Waals surface area contributed by atoms with Crippen molar-refractivity contribution in [3.8, 4) is 17.2 Å². The number of rotatable bonds is 7. The molecule has 2 aromatic rings. The number of halogens is 1. The second kappa shape index (κ2) is 9.17. The average Bonchev–Trinajstić information content (AvgIpc) is 3.09. The van der Waals surface area contributed by atoms with Gasteiger partial charge in [0, 0.05) is 18.3 Å². The molecule has 32 heavy (non-hydrogen) atoms. The molecule has 10 heteroatoms. The van der Waals surface area contributed by atoms with Gasteiger partial charge in [-0.2, -0.15) is 0 Å². The summed E-state index contributed by atoms with van der Waals surface area (Å²) < 4.78 is 41.1. The van der Waals surface area contributed by atoms with Crippen molar-refractivity contribution in [2.45, 2.75) is 12.1 Å². The van der Waals surface area contributed by atoms with E-state index in [2.05, 4.69) is 0 Å². The maximum Gasteiger partial charge on any atom is 0.241 e. The third-order valence-corrected chi connectivity index (χ3v) is 7.82. The lowest BCUT2D eigenvalue weighted by Gasteiger charge is -2.43. The molecule has 0 saturated carbocycles. The Balaban J connectivity index is 1.49. The molecule has 4 rings (SSSR count). The first kappa shape index (κ1) is 22.7. The Morgan fingerprint density at radius 1 is 1.00 bits per heavy atom. The molecule has 0 aliphatic carbocycles. The topological polar surface area (TPSA) is 85.4 Å². The summed E-state index contributed by atoms with van der Waals surface area (Å²) in [5, 5.41) is 0.366. The largest absolute Gasteiger partial charge is 0.497 e. The summed E-state index contributed by atoms with van der Waals surface area (Å²) in [6.45, 7) is 0.870. The molecule has 1 amide bonds. The van der Waals surface area contributed by atoms with Crippen molar-refractivity contribution in [2.75, 3.05) is 50.3 Å². The average molecular weight is 481 g/mol. The van der Waals surface area contributed by atoms with Crippen molar-refractivity contribution in [1.29, 1.82) is 0 Å². The Hall–Kier alpha value is -2.49. The number of nitrogens with zero attached hydrogens (tertiary/aromatic N) is 2. The number of carbonyl (C=O) groups is 1. The van der Waals surface area contributed by atoms with Gasteiger partial charge in [-0.1, -0.05) is 11.6 Å². The highest BCUT2D eigenvalue weighted by Crippen LogP contribution is 2.35. The van der Waals surface area contributed by atoms with Gasteiger partial charge in [-0.15, -0.1) is 0 Å². The minimum Gasteiger partial charge on any atom is -0.497 e. The lowest BCUT2D eigenvalue weighted by atomic mass is 10.0. The van der Waals surface area contributed by atoms with Crippen LogP contribution in [0.4, 0.5) is 5.69 Å². The number of fused-ring (bicyclic) bond motifs is 1. The quantitative estimate of drug-likeness (QED) is 0.600. The molecular weight excluding hydrogens is 456 g/mol. The number of hydrogen-bond donors (Lipinski definition) is 0. The summed E-state index contributed by atoms with van der Waals surface area (Å²) in [4.78, 5) is 16.6. The molecule has 0 radical (unpaired) electrons. The Bertz CT molecular complexity index is 1090. The third kappa shape index (κ3) is 4.65. The maximum atomic E-state index is 13.1. The van der Waals surface area contributed by atoms with Crippen molar-refractivity contribution in [1.82, 2.24) is 4.90 Å². The number of methoxy groups -OCH3 is 2. The van der Waals surface area contributed by atoms with E-state index < -0.39 is 15.9 Å². The molecular formula is C22H25ClN2O6S. The molecule has 2 aromatic carbocycles. The predicted molar refractivity (Wildman–Crippen MR) is 122 cm³/mol. The summed E-state index contributed by atoms with van der Waals surface area (Å²) >= 11 is 6.25. The molecule has 0 N–H and O–H groups in total. The number of piperazine rings is 1. The lowest BCUT2D eigenvalue weighted by Crippen LogP contribution is -2.62. The van der Waals surface area contributed by atoms with Gasteiger partial charge in [0.05, 0.1) is 43.3 Å². The maximum absolute atomic E-state index is 13.1. The van der Waals surface area contributed by atoms with E-state index in [1.54, 1.807) is 54.5 Å². The van der Waals surface area contributed by atoms with Crippen molar-refractivity contribution >= 4 is 33.0 Å². The fraction of sp³-hybridized carbons (Fsp3) is 0.409. The molecule has 2 heterocycles. The van der Waals surface area contributed by atoms with Crippen LogP contribution in [0.3, 0.4) is 0 Å². The SMILES string of the molecule is COc1ccc(OCCN2CC(=O)N(c3ccc(OC)c(Cl)c3)C3CS(=O)(=O)CC32)cc1. The summed E-state index contributed by atoms with van der Waals surface area (Å²) in [6.07, 6.45) is 0. The summed E-state index contributed by atoms with van der Waals surface area (Å²) in [5.41, 5.74) is 0.571. The Morgan fingerprint density at radius 3 is 2.34 bits per heavy atom. The zero-order valence-electron chi connectivity index (χ0n) is 17.9. The Labute approximate surface area is 192 Å². The van der Waals surface area contributed by atoms with Gasteiger partial charge < -0.3 is 19.1 Å². The van der Waals surface area contributed by atoms with Crippen LogP contribution in [0.1, 0.15) is 0 Å². The standard InChI is InChI=1S/C22H25ClN2O6S/c1-29-16-4-6-17(7-5-16)31-10-9-24-12-22(26)25(20-14-32(27,28)13-19(20)24)15-3-8-21(30-2)18(23)11-15/h3-8,11,19-20H,9-10,12-14H2,1-2H3. The predicted octanol–water partition coefficient (Wildman–Crippen LogP) is 2.25. The molecule has 2 unspecified atom stereocenters. The monoisotopic (exact) mass is 480 g/mol. The van der Waals surface area contributed by atoms with Gasteiger partial charge in [-0.25, -0.2) is 8.42 Å². The number of anilines is 1.